The van der Waals surface area contributed by atoms with Crippen molar-refractivity contribution in [2.75, 3.05) is 0 Å². The van der Waals surface area contributed by atoms with Crippen LogP contribution in [0.4, 0.5) is 0 Å². The Morgan fingerprint density at radius 1 is 1.00 bits per heavy atom. The van der Waals surface area contributed by atoms with Gasteiger partial charge >= 0.3 is 0 Å². The number of alkyl halides is 3. The number of hydrogen-bond acceptors (Lipinski definition) is 2. The number of aromatic nitrogens is 1. The van der Waals surface area contributed by atoms with Gasteiger partial charge in [0.2, 0.25) is 5.90 Å². The molecular formula is C15H14Cl3N2O+. The van der Waals surface area contributed by atoms with Gasteiger partial charge < -0.3 is 4.74 Å². The molecule has 0 spiro atoms. The molecule has 0 bridgehead atoms. The molecule has 21 heavy (non-hydrogen) atoms. The molecule has 0 unspecified atom stereocenters. The third-order valence-electron chi connectivity index (χ3n) is 2.81. The zero-order chi connectivity index (χ0) is 15.3. The Bertz CT molecular complexity index is 595. The minimum absolute atomic E-state index is 0.193. The third kappa shape index (κ3) is 5.20. The third-order valence-corrected chi connectivity index (χ3v) is 3.32. The summed E-state index contributed by atoms with van der Waals surface area (Å²) in [6.07, 6.45) is 3.90. The number of nitrogens with zero attached hydrogens (tertiary/aromatic N) is 1. The standard InChI is InChI=1S/C15H14Cl3N2O/c16-15(17,18)14(19)21-11-13-6-8-20(9-7-13)10-12-4-2-1-3-5-12/h1-9,19H,10-11H2/q+1. The maximum Gasteiger partial charge on any atom is 0.265 e. The van der Waals surface area contributed by atoms with Gasteiger partial charge in [-0.3, -0.25) is 5.41 Å². The average Bonchev–Trinajstić information content (AvgIpc) is 2.46. The summed E-state index contributed by atoms with van der Waals surface area (Å²) in [5.74, 6) is -0.381. The molecule has 0 aliphatic rings. The predicted octanol–water partition coefficient (Wildman–Crippen LogP) is 3.89. The second-order valence-electron chi connectivity index (χ2n) is 4.48. The molecule has 0 radical (unpaired) electrons. The fourth-order valence-corrected chi connectivity index (χ4v) is 1.89. The van der Waals surface area contributed by atoms with Crippen LogP contribution in [0, 0.1) is 5.41 Å². The molecule has 1 aromatic carbocycles. The lowest BCUT2D eigenvalue weighted by Crippen LogP contribution is -2.33. The van der Waals surface area contributed by atoms with E-state index >= 15 is 0 Å². The molecule has 1 N–H and O–H groups in total. The van der Waals surface area contributed by atoms with Gasteiger partial charge in [0, 0.05) is 23.3 Å². The van der Waals surface area contributed by atoms with Crippen LogP contribution in [0.3, 0.4) is 0 Å². The monoisotopic (exact) mass is 343 g/mol. The second-order valence-corrected chi connectivity index (χ2v) is 6.76. The minimum Gasteiger partial charge on any atom is -0.473 e. The zero-order valence-corrected chi connectivity index (χ0v) is 13.4. The Balaban J connectivity index is 1.92. The van der Waals surface area contributed by atoms with Crippen LogP contribution in [-0.2, 0) is 17.9 Å². The van der Waals surface area contributed by atoms with Crippen LogP contribution >= 0.6 is 34.8 Å². The lowest BCUT2D eigenvalue weighted by Gasteiger charge is -2.13. The number of halogens is 3. The predicted molar refractivity (Wildman–Crippen MR) is 85.0 cm³/mol. The lowest BCUT2D eigenvalue weighted by molar-refractivity contribution is -0.688. The Labute approximate surface area is 138 Å². The topological polar surface area (TPSA) is 37.0 Å². The van der Waals surface area contributed by atoms with Crippen molar-refractivity contribution < 1.29 is 9.30 Å². The molecule has 2 aromatic rings. The molecule has 1 heterocycles. The Hall–Kier alpha value is -1.29. The van der Waals surface area contributed by atoms with E-state index in [9.17, 15) is 0 Å². The molecule has 0 aliphatic carbocycles. The molecule has 0 saturated heterocycles. The van der Waals surface area contributed by atoms with E-state index in [1.165, 1.54) is 5.56 Å². The number of nitrogens with one attached hydrogen (secondary N) is 1. The van der Waals surface area contributed by atoms with Crippen molar-refractivity contribution in [1.29, 1.82) is 5.41 Å². The van der Waals surface area contributed by atoms with Crippen LogP contribution in [0.25, 0.3) is 0 Å². The van der Waals surface area contributed by atoms with E-state index in [2.05, 4.69) is 16.7 Å². The molecule has 0 atom stereocenters. The first-order valence-corrected chi connectivity index (χ1v) is 7.39. The molecule has 0 fully saturated rings. The molecule has 0 aliphatic heterocycles. The number of benzene rings is 1. The van der Waals surface area contributed by atoms with Crippen molar-refractivity contribution in [3.63, 3.8) is 0 Å². The first-order valence-electron chi connectivity index (χ1n) is 6.25. The normalized spacial score (nSPS) is 11.2. The van der Waals surface area contributed by atoms with E-state index in [-0.39, 0.29) is 12.5 Å². The van der Waals surface area contributed by atoms with Gasteiger partial charge in [0.15, 0.2) is 18.9 Å². The van der Waals surface area contributed by atoms with Gasteiger partial charge in [-0.2, -0.15) is 0 Å². The van der Waals surface area contributed by atoms with Crippen LogP contribution in [0.5, 0.6) is 0 Å². The Kier molecular flexibility index (Phi) is 5.45. The SMILES string of the molecule is N=C(OCc1cc[n+](Cc2ccccc2)cc1)C(Cl)(Cl)Cl. The molecule has 2 rings (SSSR count). The highest BCUT2D eigenvalue weighted by Crippen LogP contribution is 2.28. The number of pyridine rings is 1. The van der Waals surface area contributed by atoms with Crippen LogP contribution in [0.1, 0.15) is 11.1 Å². The second kappa shape index (κ2) is 7.12. The first-order chi connectivity index (χ1) is 9.95. The van der Waals surface area contributed by atoms with Crippen LogP contribution in [-0.4, -0.2) is 9.69 Å². The van der Waals surface area contributed by atoms with Gasteiger partial charge in [-0.15, -0.1) is 0 Å². The van der Waals surface area contributed by atoms with E-state index in [1.54, 1.807) is 0 Å². The first kappa shape index (κ1) is 16.1. The zero-order valence-electron chi connectivity index (χ0n) is 11.1. The Morgan fingerprint density at radius 2 is 1.62 bits per heavy atom. The van der Waals surface area contributed by atoms with Gasteiger partial charge in [-0.25, -0.2) is 4.57 Å². The van der Waals surface area contributed by atoms with Gasteiger partial charge in [-0.05, 0) is 0 Å². The molecule has 3 nitrogen and oxygen atoms in total. The van der Waals surface area contributed by atoms with E-state index in [0.29, 0.717) is 0 Å². The van der Waals surface area contributed by atoms with E-state index < -0.39 is 3.79 Å². The summed E-state index contributed by atoms with van der Waals surface area (Å²) in [4.78, 5) is 0. The van der Waals surface area contributed by atoms with Crippen LogP contribution in [0.2, 0.25) is 0 Å². The maximum atomic E-state index is 7.46. The van der Waals surface area contributed by atoms with Crippen LogP contribution < -0.4 is 4.57 Å². The van der Waals surface area contributed by atoms with Gasteiger partial charge in [-0.1, -0.05) is 65.1 Å². The number of rotatable bonds is 4. The van der Waals surface area contributed by atoms with E-state index in [4.69, 9.17) is 44.9 Å². The van der Waals surface area contributed by atoms with Crippen molar-refractivity contribution >= 4 is 40.7 Å². The lowest BCUT2D eigenvalue weighted by atomic mass is 10.2. The van der Waals surface area contributed by atoms with Crippen molar-refractivity contribution in [2.24, 2.45) is 0 Å². The molecular weight excluding hydrogens is 331 g/mol. The van der Waals surface area contributed by atoms with Crippen LogP contribution in [0.15, 0.2) is 54.9 Å². The molecule has 0 amide bonds. The van der Waals surface area contributed by atoms with E-state index in [0.717, 1.165) is 12.1 Å². The summed E-state index contributed by atoms with van der Waals surface area (Å²) in [5, 5.41) is 7.46. The maximum absolute atomic E-state index is 7.46. The molecule has 6 heteroatoms. The van der Waals surface area contributed by atoms with Crippen molar-refractivity contribution in [3.05, 3.63) is 66.0 Å². The van der Waals surface area contributed by atoms with E-state index in [1.807, 2.05) is 42.7 Å². The average molecular weight is 345 g/mol. The number of ether oxygens (including phenoxy) is 1. The largest absolute Gasteiger partial charge is 0.473 e. The highest BCUT2D eigenvalue weighted by Gasteiger charge is 2.28. The quantitative estimate of drug-likeness (QED) is 0.388. The summed E-state index contributed by atoms with van der Waals surface area (Å²) < 4.78 is 5.37. The fraction of sp³-hybridized carbons (Fsp3) is 0.200. The summed E-state index contributed by atoms with van der Waals surface area (Å²) in [5.41, 5.74) is 2.13. The smallest absolute Gasteiger partial charge is 0.265 e. The Morgan fingerprint density at radius 3 is 2.19 bits per heavy atom. The van der Waals surface area contributed by atoms with Crippen molar-refractivity contribution in [2.45, 2.75) is 16.9 Å². The molecule has 1 aromatic heterocycles. The summed E-state index contributed by atoms with van der Waals surface area (Å²) >= 11 is 16.6. The highest BCUT2D eigenvalue weighted by atomic mass is 35.6. The molecule has 0 saturated carbocycles. The van der Waals surface area contributed by atoms with Crippen molar-refractivity contribution in [1.82, 2.24) is 0 Å². The van der Waals surface area contributed by atoms with Gasteiger partial charge in [0.25, 0.3) is 3.79 Å². The highest BCUT2D eigenvalue weighted by molar-refractivity contribution is 6.76. The molecule has 110 valence electrons. The summed E-state index contributed by atoms with van der Waals surface area (Å²) in [6.45, 7) is 0.991. The van der Waals surface area contributed by atoms with Gasteiger partial charge in [0.1, 0.15) is 6.61 Å². The van der Waals surface area contributed by atoms with Crippen molar-refractivity contribution in [3.8, 4) is 0 Å². The summed E-state index contributed by atoms with van der Waals surface area (Å²) in [7, 11) is 0. The van der Waals surface area contributed by atoms with Gasteiger partial charge in [0.05, 0.1) is 0 Å². The summed E-state index contributed by atoms with van der Waals surface area (Å²) in [6, 6.07) is 14.0. The fourth-order valence-electron chi connectivity index (χ4n) is 1.72. The number of hydrogen-bond donors (Lipinski definition) is 1. The minimum atomic E-state index is -1.82.